The Bertz CT molecular complexity index is 3080. The minimum absolute atomic E-state index is 0.0802. The van der Waals surface area contributed by atoms with Crippen LogP contribution in [0.4, 0.5) is 52.7 Å². The molecule has 0 aliphatic carbocycles. The lowest BCUT2D eigenvalue weighted by molar-refractivity contribution is -0.290. The van der Waals surface area contributed by atoms with Gasteiger partial charge in [0.15, 0.2) is 17.5 Å². The van der Waals surface area contributed by atoms with Gasteiger partial charge < -0.3 is 5.11 Å². The molecule has 0 amide bonds. The van der Waals surface area contributed by atoms with E-state index in [1.807, 2.05) is 32.0 Å². The van der Waals surface area contributed by atoms with Crippen molar-refractivity contribution in [2.24, 2.45) is 0 Å². The zero-order valence-electron chi connectivity index (χ0n) is 36.4. The smallest absolute Gasteiger partial charge is 0.411 e. The number of hydrogen-bond donors (Lipinski definition) is 1. The van der Waals surface area contributed by atoms with Crippen molar-refractivity contribution in [3.63, 3.8) is 0 Å². The first-order valence-electron chi connectivity index (χ1n) is 20.7. The summed E-state index contributed by atoms with van der Waals surface area (Å²) in [5, 5.41) is 26.6. The summed E-state index contributed by atoms with van der Waals surface area (Å²) in [5.41, 5.74) is -10.7. The first kappa shape index (κ1) is 48.0. The lowest BCUT2D eigenvalue weighted by Gasteiger charge is -2.38. The molecule has 0 saturated carbocycles. The maximum atomic E-state index is 15.4. The minimum atomic E-state index is -5.97. The van der Waals surface area contributed by atoms with Crippen LogP contribution in [0.15, 0.2) is 140 Å². The molecular formula is C50H36F12N6O. The van der Waals surface area contributed by atoms with Crippen LogP contribution in [0.3, 0.4) is 0 Å². The number of benzene rings is 6. The van der Waals surface area contributed by atoms with Crippen molar-refractivity contribution in [2.75, 3.05) is 0 Å². The quantitative estimate of drug-likeness (QED) is 0.146. The molecule has 0 spiro atoms. The highest BCUT2D eigenvalue weighted by Crippen LogP contribution is 2.58. The summed E-state index contributed by atoms with van der Waals surface area (Å²) in [6.07, 6.45) is -23.7. The standard InChI is InChI=1S/C50H36F12N6O/c1-28-5-13-35(14-6-28)45(47(51,52)53,48(54,55)56)36-17-9-33(10-18-36)43-65-66-44(68(43)39-21-23-41(69)24-22-39)34-11-19-38(20-12-34)46(49(57,58)59,50(60,61)62)37-15-7-32(8-16-37)42-64-63-31(4)67(42)40-26-29(2)25-30(3)27-40/h5-27,69H,1-4H3. The third-order valence-corrected chi connectivity index (χ3v) is 12.0. The van der Waals surface area contributed by atoms with Crippen LogP contribution in [0.25, 0.3) is 45.5 Å². The molecule has 8 rings (SSSR count). The maximum absolute atomic E-state index is 15.4. The van der Waals surface area contributed by atoms with Gasteiger partial charge >= 0.3 is 24.7 Å². The molecule has 0 radical (unpaired) electrons. The third kappa shape index (κ3) is 8.06. The number of phenols is 1. The van der Waals surface area contributed by atoms with E-state index < -0.39 is 57.8 Å². The van der Waals surface area contributed by atoms with Gasteiger partial charge in [-0.2, -0.15) is 52.7 Å². The summed E-state index contributed by atoms with van der Waals surface area (Å²) in [6, 6.07) is 24.4. The van der Waals surface area contributed by atoms with Crippen LogP contribution in [-0.4, -0.2) is 59.3 Å². The summed E-state index contributed by atoms with van der Waals surface area (Å²) >= 11 is 0. The van der Waals surface area contributed by atoms with E-state index in [1.54, 1.807) is 11.5 Å². The SMILES string of the molecule is Cc1ccc(C(c2ccc(-c3nnc(-c4ccc(C(c5ccc(-c6nnc(C)n6-c6cc(C)cc(C)c6)cc5)(C(F)(F)F)C(F)(F)F)cc4)n3-c3ccc(O)cc3)cc2)(C(F)(F)F)C(F)(F)F)cc1. The number of phenolic OH excluding ortho intramolecular Hbond substituents is 1. The topological polar surface area (TPSA) is 81.7 Å². The molecular weight excluding hydrogens is 929 g/mol. The van der Waals surface area contributed by atoms with E-state index in [9.17, 15) is 31.4 Å². The molecule has 0 fully saturated rings. The summed E-state index contributed by atoms with van der Waals surface area (Å²) in [5.74, 6) is -0.0448. The van der Waals surface area contributed by atoms with Crippen LogP contribution in [-0.2, 0) is 10.8 Å². The van der Waals surface area contributed by atoms with E-state index in [0.29, 0.717) is 41.3 Å². The van der Waals surface area contributed by atoms with Crippen molar-refractivity contribution in [3.05, 3.63) is 184 Å². The van der Waals surface area contributed by atoms with Crippen LogP contribution in [0.1, 0.15) is 44.8 Å². The second-order valence-corrected chi connectivity index (χ2v) is 16.5. The number of alkyl halides is 12. The predicted molar refractivity (Wildman–Crippen MR) is 232 cm³/mol. The molecule has 0 aliphatic heterocycles. The number of hydrogen-bond acceptors (Lipinski definition) is 5. The predicted octanol–water partition coefficient (Wildman–Crippen LogP) is 13.6. The van der Waals surface area contributed by atoms with Gasteiger partial charge in [-0.25, -0.2) is 0 Å². The van der Waals surface area contributed by atoms with Crippen molar-refractivity contribution in [1.29, 1.82) is 0 Å². The zero-order chi connectivity index (χ0) is 50.1. The van der Waals surface area contributed by atoms with E-state index in [2.05, 4.69) is 20.4 Å². The van der Waals surface area contributed by atoms with Gasteiger partial charge in [-0.05, 0) is 97.5 Å². The highest BCUT2D eigenvalue weighted by Gasteiger charge is 2.73. The second kappa shape index (κ2) is 17.0. The molecule has 1 N–H and O–H groups in total. The van der Waals surface area contributed by atoms with E-state index in [-0.39, 0.29) is 45.6 Å². The third-order valence-electron chi connectivity index (χ3n) is 12.0. The molecule has 0 saturated heterocycles. The van der Waals surface area contributed by atoms with Gasteiger partial charge in [0.2, 0.25) is 10.8 Å². The van der Waals surface area contributed by atoms with Crippen molar-refractivity contribution < 1.29 is 57.8 Å². The highest BCUT2D eigenvalue weighted by atomic mass is 19.4. The monoisotopic (exact) mass is 964 g/mol. The van der Waals surface area contributed by atoms with Crippen molar-refractivity contribution in [3.8, 4) is 51.3 Å². The fourth-order valence-corrected chi connectivity index (χ4v) is 8.82. The molecule has 356 valence electrons. The molecule has 2 heterocycles. The fraction of sp³-hybridized carbons (Fsp3) is 0.200. The van der Waals surface area contributed by atoms with Crippen LogP contribution >= 0.6 is 0 Å². The van der Waals surface area contributed by atoms with Gasteiger partial charge in [0.1, 0.15) is 11.6 Å². The minimum Gasteiger partial charge on any atom is -0.508 e. The molecule has 2 aromatic heterocycles. The second-order valence-electron chi connectivity index (χ2n) is 16.5. The number of halogens is 12. The van der Waals surface area contributed by atoms with Crippen molar-refractivity contribution >= 4 is 0 Å². The van der Waals surface area contributed by atoms with Gasteiger partial charge in [0.05, 0.1) is 0 Å². The first-order chi connectivity index (χ1) is 32.3. The summed E-state index contributed by atoms with van der Waals surface area (Å²) in [7, 11) is 0. The summed E-state index contributed by atoms with van der Waals surface area (Å²) < 4.78 is 184. The maximum Gasteiger partial charge on any atom is 0.411 e. The first-order valence-corrected chi connectivity index (χ1v) is 20.7. The molecule has 19 heteroatoms. The van der Waals surface area contributed by atoms with Gasteiger partial charge in [0, 0.05) is 28.1 Å². The average Bonchev–Trinajstić information content (AvgIpc) is 3.88. The van der Waals surface area contributed by atoms with Crippen molar-refractivity contribution in [2.45, 2.75) is 63.2 Å². The highest BCUT2D eigenvalue weighted by molar-refractivity contribution is 5.69. The van der Waals surface area contributed by atoms with E-state index in [1.165, 1.54) is 35.8 Å². The van der Waals surface area contributed by atoms with Crippen LogP contribution < -0.4 is 0 Å². The lowest BCUT2D eigenvalue weighted by atomic mass is 9.72. The Kier molecular flexibility index (Phi) is 11.8. The van der Waals surface area contributed by atoms with E-state index in [4.69, 9.17) is 0 Å². The van der Waals surface area contributed by atoms with Crippen LogP contribution in [0.2, 0.25) is 0 Å². The number of aromatic nitrogens is 6. The summed E-state index contributed by atoms with van der Waals surface area (Å²) in [6.45, 7) is 6.86. The normalized spacial score (nSPS) is 13.0. The Morgan fingerprint density at radius 3 is 1.01 bits per heavy atom. The molecule has 8 aromatic rings. The Hall–Kier alpha value is -7.44. The number of aryl methyl sites for hydroxylation is 4. The molecule has 0 aliphatic rings. The Balaban J connectivity index is 1.22. The fourth-order valence-electron chi connectivity index (χ4n) is 8.82. The number of rotatable bonds is 9. The molecule has 7 nitrogen and oxygen atoms in total. The molecule has 0 bridgehead atoms. The Morgan fingerprint density at radius 2 is 0.667 bits per heavy atom. The van der Waals surface area contributed by atoms with Gasteiger partial charge in [-0.1, -0.05) is 109 Å². The van der Waals surface area contributed by atoms with Crippen molar-refractivity contribution in [1.82, 2.24) is 29.5 Å². The van der Waals surface area contributed by atoms with Gasteiger partial charge in [0.25, 0.3) is 0 Å². The molecule has 0 atom stereocenters. The van der Waals surface area contributed by atoms with Gasteiger partial charge in [-0.15, -0.1) is 20.4 Å². The Morgan fingerprint density at radius 1 is 0.348 bits per heavy atom. The van der Waals surface area contributed by atoms with Crippen LogP contribution in [0, 0.1) is 27.7 Å². The molecule has 0 unspecified atom stereocenters. The molecule has 6 aromatic carbocycles. The Labute approximate surface area is 385 Å². The van der Waals surface area contributed by atoms with Crippen LogP contribution in [0.5, 0.6) is 5.75 Å². The largest absolute Gasteiger partial charge is 0.508 e. The number of nitrogens with zero attached hydrogens (tertiary/aromatic N) is 6. The molecule has 69 heavy (non-hydrogen) atoms. The average molecular weight is 965 g/mol. The lowest BCUT2D eigenvalue weighted by Crippen LogP contribution is -2.54. The van der Waals surface area contributed by atoms with Gasteiger partial charge in [-0.3, -0.25) is 9.13 Å². The van der Waals surface area contributed by atoms with E-state index in [0.717, 1.165) is 83.9 Å². The number of aromatic hydroxyl groups is 1. The zero-order valence-corrected chi connectivity index (χ0v) is 36.4. The van der Waals surface area contributed by atoms with E-state index >= 15 is 26.3 Å². The summed E-state index contributed by atoms with van der Waals surface area (Å²) in [4.78, 5) is 0.